The van der Waals surface area contributed by atoms with E-state index < -0.39 is 23.2 Å². The first kappa shape index (κ1) is 13.7. The van der Waals surface area contributed by atoms with Gasteiger partial charge in [-0.3, -0.25) is 0 Å². The summed E-state index contributed by atoms with van der Waals surface area (Å²) in [4.78, 5) is 12.5. The Labute approximate surface area is 110 Å². The predicted octanol–water partition coefficient (Wildman–Crippen LogP) is 1.85. The number of hydrogen-bond donors (Lipinski definition) is 2. The zero-order chi connectivity index (χ0) is 14.0. The third-order valence-electron chi connectivity index (χ3n) is 3.46. The number of nitrogens with zero attached hydrogens (tertiary/aromatic N) is 1. The van der Waals surface area contributed by atoms with Gasteiger partial charge in [-0.05, 0) is 32.0 Å². The smallest absolute Gasteiger partial charge is 0.338 e. The highest BCUT2D eigenvalue weighted by atomic mass is 19.2. The molecular formula is C13H16F2N2O2. The number of carboxylic acids is 1. The van der Waals surface area contributed by atoms with E-state index >= 15 is 0 Å². The summed E-state index contributed by atoms with van der Waals surface area (Å²) in [6.07, 6.45) is 1.87. The van der Waals surface area contributed by atoms with E-state index in [0.29, 0.717) is 13.1 Å². The van der Waals surface area contributed by atoms with Crippen molar-refractivity contribution in [3.8, 4) is 0 Å². The highest BCUT2D eigenvalue weighted by Crippen LogP contribution is 2.26. The molecular weight excluding hydrogens is 254 g/mol. The Bertz CT molecular complexity index is 494. The minimum atomic E-state index is -1.46. The van der Waals surface area contributed by atoms with E-state index in [1.807, 2.05) is 7.05 Å². The molecule has 0 amide bonds. The average Bonchev–Trinajstić information content (AvgIpc) is 2.41. The fourth-order valence-corrected chi connectivity index (χ4v) is 2.38. The number of carboxylic acid groups (broad SMARTS) is 1. The molecule has 0 spiro atoms. The molecule has 6 heteroatoms. The summed E-state index contributed by atoms with van der Waals surface area (Å²) < 4.78 is 27.6. The van der Waals surface area contributed by atoms with Crippen molar-refractivity contribution in [2.24, 2.45) is 0 Å². The highest BCUT2D eigenvalue weighted by molar-refractivity contribution is 5.88. The van der Waals surface area contributed by atoms with Gasteiger partial charge in [0.05, 0.1) is 11.3 Å². The lowest BCUT2D eigenvalue weighted by Crippen LogP contribution is -2.44. The van der Waals surface area contributed by atoms with E-state index in [1.54, 1.807) is 4.90 Å². The molecule has 2 rings (SSSR count). The highest BCUT2D eigenvalue weighted by Gasteiger charge is 2.24. The van der Waals surface area contributed by atoms with Gasteiger partial charge >= 0.3 is 5.97 Å². The minimum Gasteiger partial charge on any atom is -0.478 e. The van der Waals surface area contributed by atoms with Crippen molar-refractivity contribution in [3.63, 3.8) is 0 Å². The van der Waals surface area contributed by atoms with Gasteiger partial charge in [0.2, 0.25) is 0 Å². The van der Waals surface area contributed by atoms with Gasteiger partial charge in [-0.25, -0.2) is 13.6 Å². The van der Waals surface area contributed by atoms with E-state index in [4.69, 9.17) is 5.11 Å². The maximum Gasteiger partial charge on any atom is 0.338 e. The SMILES string of the molecule is CNC1CCCN(c2ccc(C(=O)O)c(F)c2F)C1. The van der Waals surface area contributed by atoms with Crippen LogP contribution in [0.3, 0.4) is 0 Å². The molecule has 1 saturated heterocycles. The Balaban J connectivity index is 2.30. The molecule has 104 valence electrons. The van der Waals surface area contributed by atoms with Gasteiger partial charge in [-0.1, -0.05) is 0 Å². The third kappa shape index (κ3) is 2.68. The number of hydrogen-bond acceptors (Lipinski definition) is 3. The summed E-state index contributed by atoms with van der Waals surface area (Å²) in [7, 11) is 1.83. The van der Waals surface area contributed by atoms with Gasteiger partial charge in [-0.15, -0.1) is 0 Å². The summed E-state index contributed by atoms with van der Waals surface area (Å²) in [5.74, 6) is -3.84. The topological polar surface area (TPSA) is 52.6 Å². The fraction of sp³-hybridized carbons (Fsp3) is 0.462. The van der Waals surface area contributed by atoms with E-state index in [1.165, 1.54) is 6.07 Å². The molecule has 0 bridgehead atoms. The predicted molar refractivity (Wildman–Crippen MR) is 67.6 cm³/mol. The van der Waals surface area contributed by atoms with E-state index in [9.17, 15) is 13.6 Å². The third-order valence-corrected chi connectivity index (χ3v) is 3.46. The van der Waals surface area contributed by atoms with E-state index in [0.717, 1.165) is 18.9 Å². The number of likely N-dealkylation sites (N-methyl/N-ethyl adjacent to an activating group) is 1. The number of aromatic carboxylic acids is 1. The van der Waals surface area contributed by atoms with Gasteiger partial charge in [-0.2, -0.15) is 0 Å². The molecule has 1 aliphatic heterocycles. The molecule has 1 aromatic rings. The van der Waals surface area contributed by atoms with Gasteiger partial charge < -0.3 is 15.3 Å². The molecule has 19 heavy (non-hydrogen) atoms. The van der Waals surface area contributed by atoms with Gasteiger partial charge in [0.1, 0.15) is 0 Å². The first-order valence-corrected chi connectivity index (χ1v) is 6.18. The van der Waals surface area contributed by atoms with Gasteiger partial charge in [0, 0.05) is 19.1 Å². The zero-order valence-corrected chi connectivity index (χ0v) is 10.6. The van der Waals surface area contributed by atoms with Gasteiger partial charge in [0.15, 0.2) is 11.6 Å². The Morgan fingerprint density at radius 1 is 1.42 bits per heavy atom. The van der Waals surface area contributed by atoms with Crippen LogP contribution in [0, 0.1) is 11.6 Å². The maximum absolute atomic E-state index is 13.9. The van der Waals surface area contributed by atoms with Crippen molar-refractivity contribution in [1.82, 2.24) is 5.32 Å². The molecule has 0 aromatic heterocycles. The van der Waals surface area contributed by atoms with Crippen LogP contribution in [0.5, 0.6) is 0 Å². The number of benzene rings is 1. The minimum absolute atomic E-state index is 0.127. The van der Waals surface area contributed by atoms with Crippen LogP contribution >= 0.6 is 0 Å². The van der Waals surface area contributed by atoms with Crippen LogP contribution in [0.2, 0.25) is 0 Å². The monoisotopic (exact) mass is 270 g/mol. The second kappa shape index (κ2) is 5.52. The number of halogens is 2. The first-order valence-electron chi connectivity index (χ1n) is 6.18. The molecule has 0 radical (unpaired) electrons. The van der Waals surface area contributed by atoms with Crippen molar-refractivity contribution in [2.75, 3.05) is 25.0 Å². The van der Waals surface area contributed by atoms with Crippen molar-refractivity contribution in [3.05, 3.63) is 29.3 Å². The second-order valence-electron chi connectivity index (χ2n) is 4.64. The summed E-state index contributed by atoms with van der Waals surface area (Å²) in [6, 6.07) is 2.68. The fourth-order valence-electron chi connectivity index (χ4n) is 2.38. The molecule has 1 unspecified atom stereocenters. The average molecular weight is 270 g/mol. The molecule has 2 N–H and O–H groups in total. The van der Waals surface area contributed by atoms with Crippen molar-refractivity contribution < 1.29 is 18.7 Å². The summed E-state index contributed by atoms with van der Waals surface area (Å²) in [5.41, 5.74) is -0.508. The molecule has 0 aliphatic carbocycles. The lowest BCUT2D eigenvalue weighted by atomic mass is 10.0. The second-order valence-corrected chi connectivity index (χ2v) is 4.64. The van der Waals surface area contributed by atoms with Crippen LogP contribution in [0.1, 0.15) is 23.2 Å². The quantitative estimate of drug-likeness (QED) is 0.880. The Kier molecular flexibility index (Phi) is 3.99. The number of nitrogens with one attached hydrogen (secondary N) is 1. The number of carbonyl (C=O) groups is 1. The number of anilines is 1. The van der Waals surface area contributed by atoms with Gasteiger partial charge in [0.25, 0.3) is 0 Å². The molecule has 1 aromatic carbocycles. The standard InChI is InChI=1S/C13H16F2N2O2/c1-16-8-3-2-6-17(7-8)10-5-4-9(13(18)19)11(14)12(10)15/h4-5,8,16H,2-3,6-7H2,1H3,(H,18,19). The van der Waals surface area contributed by atoms with Crippen LogP contribution in [0.4, 0.5) is 14.5 Å². The zero-order valence-electron chi connectivity index (χ0n) is 10.6. The normalized spacial score (nSPS) is 19.5. The van der Waals surface area contributed by atoms with Crippen LogP contribution in [-0.4, -0.2) is 37.3 Å². The van der Waals surface area contributed by atoms with Crippen LogP contribution in [0.25, 0.3) is 0 Å². The Hall–Kier alpha value is -1.69. The Morgan fingerprint density at radius 2 is 2.16 bits per heavy atom. The van der Waals surface area contributed by atoms with Crippen molar-refractivity contribution >= 4 is 11.7 Å². The van der Waals surface area contributed by atoms with Crippen LogP contribution < -0.4 is 10.2 Å². The summed E-state index contributed by atoms with van der Waals surface area (Å²) in [6.45, 7) is 1.22. The van der Waals surface area contributed by atoms with E-state index in [-0.39, 0.29) is 11.7 Å². The largest absolute Gasteiger partial charge is 0.478 e. The lowest BCUT2D eigenvalue weighted by Gasteiger charge is -2.34. The van der Waals surface area contributed by atoms with Crippen LogP contribution in [-0.2, 0) is 0 Å². The molecule has 1 aliphatic rings. The molecule has 0 saturated carbocycles. The first-order chi connectivity index (χ1) is 9.04. The maximum atomic E-state index is 13.9. The van der Waals surface area contributed by atoms with Crippen molar-refractivity contribution in [1.29, 1.82) is 0 Å². The van der Waals surface area contributed by atoms with E-state index in [2.05, 4.69) is 5.32 Å². The molecule has 1 fully saturated rings. The van der Waals surface area contributed by atoms with Crippen LogP contribution in [0.15, 0.2) is 12.1 Å². The molecule has 1 atom stereocenters. The number of rotatable bonds is 3. The Morgan fingerprint density at radius 3 is 2.79 bits per heavy atom. The summed E-state index contributed by atoms with van der Waals surface area (Å²) >= 11 is 0. The van der Waals surface area contributed by atoms with Crippen molar-refractivity contribution in [2.45, 2.75) is 18.9 Å². The summed E-state index contributed by atoms with van der Waals surface area (Å²) in [5, 5.41) is 11.9. The number of piperidine rings is 1. The molecule has 4 nitrogen and oxygen atoms in total. The lowest BCUT2D eigenvalue weighted by molar-refractivity contribution is 0.0690. The molecule has 1 heterocycles.